The average molecular weight is 220 g/mol. The molecule has 0 saturated heterocycles. The summed E-state index contributed by atoms with van der Waals surface area (Å²) in [6.07, 6.45) is 15.3. The Labute approximate surface area is 97.0 Å². The zero-order valence-corrected chi connectivity index (χ0v) is 9.64. The van der Waals surface area contributed by atoms with E-state index in [-0.39, 0.29) is 5.92 Å². The summed E-state index contributed by atoms with van der Waals surface area (Å²) in [6.45, 7) is 0. The summed E-state index contributed by atoms with van der Waals surface area (Å²) >= 11 is 0. The maximum atomic E-state index is 11.0. The van der Waals surface area contributed by atoms with Crippen molar-refractivity contribution < 1.29 is 9.90 Å². The second kappa shape index (κ2) is 5.33. The zero-order chi connectivity index (χ0) is 11.4. The summed E-state index contributed by atoms with van der Waals surface area (Å²) in [5.74, 6) is 0.241. The van der Waals surface area contributed by atoms with Gasteiger partial charge in [0.15, 0.2) is 0 Å². The normalized spacial score (nSPS) is 38.6. The van der Waals surface area contributed by atoms with E-state index in [1.807, 2.05) is 0 Å². The van der Waals surface area contributed by atoms with Gasteiger partial charge in [0.1, 0.15) is 0 Å². The first kappa shape index (κ1) is 11.4. The number of carboxylic acid groups (broad SMARTS) is 1. The molecule has 0 aromatic carbocycles. The van der Waals surface area contributed by atoms with Gasteiger partial charge in [-0.1, -0.05) is 24.3 Å². The number of carbonyl (C=O) groups is 1. The Bertz CT molecular complexity index is 280. The fraction of sp³-hybridized carbons (Fsp3) is 0.643. The molecular formula is C14H20O2. The van der Waals surface area contributed by atoms with E-state index in [1.165, 1.54) is 0 Å². The van der Waals surface area contributed by atoms with Crippen molar-refractivity contribution in [1.29, 1.82) is 0 Å². The highest BCUT2D eigenvalue weighted by Crippen LogP contribution is 2.52. The van der Waals surface area contributed by atoms with E-state index in [9.17, 15) is 4.79 Å². The summed E-state index contributed by atoms with van der Waals surface area (Å²) in [6, 6.07) is 0. The fourth-order valence-corrected chi connectivity index (χ4v) is 2.84. The van der Waals surface area contributed by atoms with Gasteiger partial charge in [0.2, 0.25) is 0 Å². The average Bonchev–Trinajstić information content (AvgIpc) is 2.91. The lowest BCUT2D eigenvalue weighted by Gasteiger charge is -1.97. The Balaban J connectivity index is 1.92. The maximum absolute atomic E-state index is 11.0. The number of hydrogen-bond acceptors (Lipinski definition) is 1. The number of carboxylic acids is 1. The van der Waals surface area contributed by atoms with Crippen molar-refractivity contribution in [3.63, 3.8) is 0 Å². The molecule has 2 aliphatic carbocycles. The molecule has 1 fully saturated rings. The van der Waals surface area contributed by atoms with Crippen LogP contribution in [-0.4, -0.2) is 11.1 Å². The van der Waals surface area contributed by atoms with Crippen LogP contribution in [0.25, 0.3) is 0 Å². The molecular weight excluding hydrogens is 200 g/mol. The molecule has 2 rings (SSSR count). The van der Waals surface area contributed by atoms with Gasteiger partial charge in [0, 0.05) is 0 Å². The summed E-state index contributed by atoms with van der Waals surface area (Å²) in [7, 11) is 0. The Hall–Kier alpha value is -1.05. The highest BCUT2D eigenvalue weighted by Gasteiger charge is 2.53. The number of rotatable bonds is 1. The van der Waals surface area contributed by atoms with Crippen LogP contribution in [0.2, 0.25) is 0 Å². The summed E-state index contributed by atoms with van der Waals surface area (Å²) in [5, 5.41) is 9.08. The van der Waals surface area contributed by atoms with Crippen LogP contribution in [0.4, 0.5) is 0 Å². The van der Waals surface area contributed by atoms with Gasteiger partial charge in [0.05, 0.1) is 5.92 Å². The molecule has 2 nitrogen and oxygen atoms in total. The number of allylic oxidation sites excluding steroid dienone is 4. The predicted molar refractivity (Wildman–Crippen MR) is 64.1 cm³/mol. The first-order chi connectivity index (χ1) is 7.80. The van der Waals surface area contributed by atoms with Crippen molar-refractivity contribution in [2.75, 3.05) is 0 Å². The molecule has 2 aliphatic rings. The summed E-state index contributed by atoms with van der Waals surface area (Å²) in [5.41, 5.74) is 0. The molecule has 0 aliphatic heterocycles. The molecule has 0 spiro atoms. The van der Waals surface area contributed by atoms with Crippen molar-refractivity contribution in [3.05, 3.63) is 24.3 Å². The van der Waals surface area contributed by atoms with Crippen LogP contribution in [0, 0.1) is 17.8 Å². The van der Waals surface area contributed by atoms with Gasteiger partial charge in [-0.15, -0.1) is 0 Å². The molecule has 0 aromatic heterocycles. The highest BCUT2D eigenvalue weighted by atomic mass is 16.4. The third kappa shape index (κ3) is 2.75. The van der Waals surface area contributed by atoms with Gasteiger partial charge >= 0.3 is 5.97 Å². The molecule has 0 amide bonds. The molecule has 1 unspecified atom stereocenters. The topological polar surface area (TPSA) is 37.3 Å². The third-order valence-electron chi connectivity index (χ3n) is 3.78. The second-order valence-corrected chi connectivity index (χ2v) is 4.87. The first-order valence-electron chi connectivity index (χ1n) is 6.33. The lowest BCUT2D eigenvalue weighted by Crippen LogP contribution is -2.00. The summed E-state index contributed by atoms with van der Waals surface area (Å²) in [4.78, 5) is 11.0. The SMILES string of the molecule is O=C(O)C1[C@H]2CC/C=C/CC/C=C/CC[C@@H]12. The van der Waals surface area contributed by atoms with E-state index in [1.54, 1.807) is 0 Å². The lowest BCUT2D eigenvalue weighted by atomic mass is 10.1. The van der Waals surface area contributed by atoms with E-state index >= 15 is 0 Å². The molecule has 0 heterocycles. The number of aliphatic carboxylic acids is 1. The minimum absolute atomic E-state index is 0.0532. The molecule has 1 saturated carbocycles. The quantitative estimate of drug-likeness (QED) is 0.688. The zero-order valence-electron chi connectivity index (χ0n) is 9.64. The van der Waals surface area contributed by atoms with Crippen LogP contribution in [0.3, 0.4) is 0 Å². The van der Waals surface area contributed by atoms with Crippen molar-refractivity contribution in [2.45, 2.75) is 38.5 Å². The van der Waals surface area contributed by atoms with Crippen LogP contribution in [-0.2, 0) is 4.79 Å². The molecule has 2 heteroatoms. The van der Waals surface area contributed by atoms with Gasteiger partial charge in [-0.3, -0.25) is 4.79 Å². The molecule has 0 bridgehead atoms. The van der Waals surface area contributed by atoms with Gasteiger partial charge in [-0.2, -0.15) is 0 Å². The lowest BCUT2D eigenvalue weighted by molar-refractivity contribution is -0.139. The van der Waals surface area contributed by atoms with Crippen LogP contribution >= 0.6 is 0 Å². The van der Waals surface area contributed by atoms with E-state index in [0.717, 1.165) is 38.5 Å². The van der Waals surface area contributed by atoms with Crippen molar-refractivity contribution in [3.8, 4) is 0 Å². The molecule has 3 atom stereocenters. The smallest absolute Gasteiger partial charge is 0.307 e. The van der Waals surface area contributed by atoms with Crippen LogP contribution in [0.1, 0.15) is 38.5 Å². The van der Waals surface area contributed by atoms with Gasteiger partial charge in [0.25, 0.3) is 0 Å². The van der Waals surface area contributed by atoms with Gasteiger partial charge < -0.3 is 5.11 Å². The minimum Gasteiger partial charge on any atom is -0.481 e. The van der Waals surface area contributed by atoms with Gasteiger partial charge in [-0.25, -0.2) is 0 Å². The molecule has 1 N–H and O–H groups in total. The molecule has 16 heavy (non-hydrogen) atoms. The van der Waals surface area contributed by atoms with Crippen molar-refractivity contribution in [1.82, 2.24) is 0 Å². The van der Waals surface area contributed by atoms with Crippen LogP contribution in [0.5, 0.6) is 0 Å². The molecule has 88 valence electrons. The monoisotopic (exact) mass is 220 g/mol. The van der Waals surface area contributed by atoms with E-state index in [4.69, 9.17) is 5.11 Å². The third-order valence-corrected chi connectivity index (χ3v) is 3.78. The van der Waals surface area contributed by atoms with Crippen molar-refractivity contribution >= 4 is 5.97 Å². The summed E-state index contributed by atoms with van der Waals surface area (Å²) < 4.78 is 0. The first-order valence-corrected chi connectivity index (χ1v) is 6.33. The maximum Gasteiger partial charge on any atom is 0.307 e. The van der Waals surface area contributed by atoms with Crippen LogP contribution in [0.15, 0.2) is 24.3 Å². The Morgan fingerprint density at radius 1 is 0.875 bits per heavy atom. The Kier molecular flexibility index (Phi) is 3.81. The Morgan fingerprint density at radius 3 is 1.75 bits per heavy atom. The molecule has 0 radical (unpaired) electrons. The van der Waals surface area contributed by atoms with Gasteiger partial charge in [-0.05, 0) is 50.4 Å². The predicted octanol–water partition coefficient (Wildman–Crippen LogP) is 3.40. The Morgan fingerprint density at radius 2 is 1.31 bits per heavy atom. The second-order valence-electron chi connectivity index (χ2n) is 4.87. The fourth-order valence-electron chi connectivity index (χ4n) is 2.84. The highest BCUT2D eigenvalue weighted by molar-refractivity contribution is 5.74. The standard InChI is InChI=1S/C14H20O2/c15-14(16)13-11-9-7-5-3-1-2-4-6-8-10-12(11)13/h3-6,11-13H,1-2,7-10H2,(H,15,16)/b5-3+,6-4+/t11-,12+,13?. The number of fused-ring (bicyclic) bond motifs is 1. The van der Waals surface area contributed by atoms with E-state index < -0.39 is 5.97 Å². The largest absolute Gasteiger partial charge is 0.481 e. The van der Waals surface area contributed by atoms with Crippen LogP contribution < -0.4 is 0 Å². The molecule has 0 aromatic rings. The number of hydrogen-bond donors (Lipinski definition) is 1. The van der Waals surface area contributed by atoms with E-state index in [0.29, 0.717) is 11.8 Å². The van der Waals surface area contributed by atoms with Crippen molar-refractivity contribution in [2.24, 2.45) is 17.8 Å². The van der Waals surface area contributed by atoms with E-state index in [2.05, 4.69) is 24.3 Å². The minimum atomic E-state index is -0.585.